The van der Waals surface area contributed by atoms with Gasteiger partial charge in [-0.1, -0.05) is 12.1 Å². The first-order chi connectivity index (χ1) is 13.7. The Morgan fingerprint density at radius 1 is 1.25 bits per heavy atom. The summed E-state index contributed by atoms with van der Waals surface area (Å²) in [6, 6.07) is 12.3. The second-order valence-corrected chi connectivity index (χ2v) is 7.01. The van der Waals surface area contributed by atoms with Crippen LogP contribution in [0, 0.1) is 11.3 Å². The van der Waals surface area contributed by atoms with Gasteiger partial charge < -0.3 is 16.0 Å². The molecule has 0 saturated heterocycles. The molecule has 0 spiro atoms. The number of nitrogens with one attached hydrogen (secondary N) is 3. The molecule has 1 aliphatic rings. The summed E-state index contributed by atoms with van der Waals surface area (Å²) in [5.41, 5.74) is 5.07. The topological polar surface area (TPSA) is 90.6 Å². The summed E-state index contributed by atoms with van der Waals surface area (Å²) in [5.74, 6) is 0.887. The highest BCUT2D eigenvalue weighted by Gasteiger charge is 2.18. The van der Waals surface area contributed by atoms with Crippen LogP contribution in [0.5, 0.6) is 0 Å². The maximum Gasteiger partial charge on any atom is 0.149 e. The number of aryl methyl sites for hydroxylation is 1. The third-order valence-electron chi connectivity index (χ3n) is 4.87. The molecule has 0 radical (unpaired) electrons. The second-order valence-electron chi connectivity index (χ2n) is 7.01. The molecule has 7 nitrogen and oxygen atoms in total. The summed E-state index contributed by atoms with van der Waals surface area (Å²) in [6.07, 6.45) is 6.65. The van der Waals surface area contributed by atoms with Crippen molar-refractivity contribution >= 4 is 11.5 Å². The molecule has 1 aliphatic heterocycles. The molecular formula is C21H23N7. The van der Waals surface area contributed by atoms with E-state index in [4.69, 9.17) is 5.26 Å². The van der Waals surface area contributed by atoms with Gasteiger partial charge in [0.1, 0.15) is 5.82 Å². The van der Waals surface area contributed by atoms with E-state index >= 15 is 0 Å². The van der Waals surface area contributed by atoms with E-state index in [2.05, 4.69) is 38.2 Å². The number of pyridine rings is 1. The Bertz CT molecular complexity index is 985. The van der Waals surface area contributed by atoms with E-state index in [0.717, 1.165) is 48.7 Å². The van der Waals surface area contributed by atoms with Crippen LogP contribution in [-0.4, -0.2) is 40.4 Å². The number of nitrogens with zero attached hydrogens (tertiary/aromatic N) is 4. The van der Waals surface area contributed by atoms with Crippen LogP contribution < -0.4 is 16.0 Å². The van der Waals surface area contributed by atoms with Crippen LogP contribution in [0.3, 0.4) is 0 Å². The minimum atomic E-state index is 0.283. The zero-order chi connectivity index (χ0) is 19.3. The van der Waals surface area contributed by atoms with E-state index in [-0.39, 0.29) is 6.04 Å². The maximum absolute atomic E-state index is 8.85. The van der Waals surface area contributed by atoms with Gasteiger partial charge in [-0.05, 0) is 36.7 Å². The molecule has 7 heteroatoms. The average molecular weight is 373 g/mol. The normalized spacial score (nSPS) is 15.2. The van der Waals surface area contributed by atoms with Gasteiger partial charge in [-0.3, -0.25) is 4.68 Å². The highest BCUT2D eigenvalue weighted by Crippen LogP contribution is 2.29. The summed E-state index contributed by atoms with van der Waals surface area (Å²) in [7, 11) is 1.91. The molecule has 4 rings (SSSR count). The molecule has 3 N–H and O–H groups in total. The Balaban J connectivity index is 1.27. The Morgan fingerprint density at radius 3 is 2.86 bits per heavy atom. The SMILES string of the molecule is Cn1cc(-c2cnc3c(c2)NCC(CNCCc2ccc(C#N)cc2)N3)cn1. The first kappa shape index (κ1) is 18.0. The molecule has 0 fully saturated rings. The summed E-state index contributed by atoms with van der Waals surface area (Å²) in [5, 5.41) is 23.5. The highest BCUT2D eigenvalue weighted by atomic mass is 15.2. The van der Waals surface area contributed by atoms with Crippen molar-refractivity contribution in [2.24, 2.45) is 7.05 Å². The van der Waals surface area contributed by atoms with Crippen LogP contribution in [-0.2, 0) is 13.5 Å². The standard InChI is InChI=1S/C21H23N7/c1-28-14-18(11-26-28)17-8-20-21(25-10-17)27-19(13-24-20)12-23-7-6-15-2-4-16(9-22)5-3-15/h2-5,8,10-11,14,19,23-24H,6-7,12-13H2,1H3,(H,25,27). The van der Waals surface area contributed by atoms with Gasteiger partial charge >= 0.3 is 0 Å². The largest absolute Gasteiger partial charge is 0.380 e. The van der Waals surface area contributed by atoms with E-state index in [9.17, 15) is 0 Å². The molecule has 1 unspecified atom stereocenters. The number of rotatable bonds is 6. The lowest BCUT2D eigenvalue weighted by Crippen LogP contribution is -2.41. The predicted molar refractivity (Wildman–Crippen MR) is 110 cm³/mol. The number of aromatic nitrogens is 3. The molecule has 28 heavy (non-hydrogen) atoms. The molecule has 0 aliphatic carbocycles. The van der Waals surface area contributed by atoms with E-state index in [1.165, 1.54) is 5.56 Å². The van der Waals surface area contributed by atoms with Crippen LogP contribution in [0.4, 0.5) is 11.5 Å². The fraction of sp³-hybridized carbons (Fsp3) is 0.286. The Hall–Kier alpha value is -3.37. The van der Waals surface area contributed by atoms with Crippen LogP contribution in [0.1, 0.15) is 11.1 Å². The first-order valence-electron chi connectivity index (χ1n) is 9.40. The van der Waals surface area contributed by atoms with Crippen molar-refractivity contribution in [3.05, 3.63) is 60.0 Å². The van der Waals surface area contributed by atoms with Gasteiger partial charge in [0.15, 0.2) is 0 Å². The van der Waals surface area contributed by atoms with Crippen LogP contribution in [0.15, 0.2) is 48.9 Å². The minimum absolute atomic E-state index is 0.283. The van der Waals surface area contributed by atoms with Gasteiger partial charge in [0.05, 0.1) is 29.6 Å². The Morgan fingerprint density at radius 2 is 2.11 bits per heavy atom. The van der Waals surface area contributed by atoms with Crippen molar-refractivity contribution in [3.8, 4) is 17.2 Å². The Labute approximate surface area is 164 Å². The fourth-order valence-electron chi connectivity index (χ4n) is 3.30. The van der Waals surface area contributed by atoms with Crippen molar-refractivity contribution in [2.75, 3.05) is 30.3 Å². The van der Waals surface area contributed by atoms with Gasteiger partial charge in [-0.2, -0.15) is 10.4 Å². The Kier molecular flexibility index (Phi) is 5.22. The van der Waals surface area contributed by atoms with E-state index in [1.54, 1.807) is 4.68 Å². The lowest BCUT2D eigenvalue weighted by Gasteiger charge is -2.28. The molecule has 2 aromatic heterocycles. The summed E-state index contributed by atoms with van der Waals surface area (Å²) >= 11 is 0. The second kappa shape index (κ2) is 8.11. The molecule has 142 valence electrons. The third kappa shape index (κ3) is 4.13. The first-order valence-corrected chi connectivity index (χ1v) is 9.40. The van der Waals surface area contributed by atoms with Crippen molar-refractivity contribution in [3.63, 3.8) is 0 Å². The van der Waals surface area contributed by atoms with Gasteiger partial charge in [-0.15, -0.1) is 0 Å². The predicted octanol–water partition coefficient (Wildman–Crippen LogP) is 2.39. The molecule has 0 saturated carbocycles. The quantitative estimate of drug-likeness (QED) is 0.575. The molecular weight excluding hydrogens is 350 g/mol. The van der Waals surface area contributed by atoms with Crippen molar-refractivity contribution in [1.29, 1.82) is 5.26 Å². The maximum atomic E-state index is 8.85. The van der Waals surface area contributed by atoms with Gasteiger partial charge in [-0.25, -0.2) is 4.98 Å². The van der Waals surface area contributed by atoms with Crippen molar-refractivity contribution < 1.29 is 0 Å². The van der Waals surface area contributed by atoms with Gasteiger partial charge in [0, 0.05) is 43.7 Å². The monoisotopic (exact) mass is 373 g/mol. The van der Waals surface area contributed by atoms with Crippen LogP contribution >= 0.6 is 0 Å². The van der Waals surface area contributed by atoms with Crippen LogP contribution in [0.2, 0.25) is 0 Å². The van der Waals surface area contributed by atoms with Gasteiger partial charge in [0.2, 0.25) is 0 Å². The number of hydrogen-bond acceptors (Lipinski definition) is 6. The van der Waals surface area contributed by atoms with Crippen molar-refractivity contribution in [1.82, 2.24) is 20.1 Å². The number of benzene rings is 1. The molecule has 1 atom stereocenters. The summed E-state index contributed by atoms with van der Waals surface area (Å²) in [4.78, 5) is 4.58. The van der Waals surface area contributed by atoms with E-state index in [1.807, 2.05) is 49.9 Å². The number of anilines is 2. The molecule has 3 heterocycles. The van der Waals surface area contributed by atoms with Gasteiger partial charge in [0.25, 0.3) is 0 Å². The number of hydrogen-bond donors (Lipinski definition) is 3. The van der Waals surface area contributed by atoms with E-state index < -0.39 is 0 Å². The average Bonchev–Trinajstić information content (AvgIpc) is 3.17. The number of nitriles is 1. The zero-order valence-corrected chi connectivity index (χ0v) is 15.8. The third-order valence-corrected chi connectivity index (χ3v) is 4.87. The van der Waals surface area contributed by atoms with E-state index in [0.29, 0.717) is 5.56 Å². The lowest BCUT2D eigenvalue weighted by atomic mass is 10.1. The minimum Gasteiger partial charge on any atom is -0.380 e. The molecule has 1 aromatic carbocycles. The zero-order valence-electron chi connectivity index (χ0n) is 15.8. The van der Waals surface area contributed by atoms with Crippen molar-refractivity contribution in [2.45, 2.75) is 12.5 Å². The number of fused-ring (bicyclic) bond motifs is 1. The molecule has 3 aromatic rings. The summed E-state index contributed by atoms with van der Waals surface area (Å²) in [6.45, 7) is 2.59. The van der Waals surface area contributed by atoms with Crippen LogP contribution in [0.25, 0.3) is 11.1 Å². The lowest BCUT2D eigenvalue weighted by molar-refractivity contribution is 0.610. The highest BCUT2D eigenvalue weighted by molar-refractivity contribution is 5.75. The fourth-order valence-corrected chi connectivity index (χ4v) is 3.30. The summed E-state index contributed by atoms with van der Waals surface area (Å²) < 4.78 is 1.79. The smallest absolute Gasteiger partial charge is 0.149 e. The molecule has 0 bridgehead atoms. The molecule has 0 amide bonds.